The van der Waals surface area contributed by atoms with Crippen molar-refractivity contribution >= 4 is 0 Å². The Kier molecular flexibility index (Phi) is 4.56. The molecule has 19 heavy (non-hydrogen) atoms. The molecule has 1 atom stereocenters. The molecule has 0 bridgehead atoms. The monoisotopic (exact) mass is 261 g/mol. The molecule has 106 valence electrons. The summed E-state index contributed by atoms with van der Waals surface area (Å²) in [7, 11) is 0. The zero-order chi connectivity index (χ0) is 13.9. The van der Waals surface area contributed by atoms with Crippen LogP contribution >= 0.6 is 0 Å². The molecule has 0 radical (unpaired) electrons. The van der Waals surface area contributed by atoms with Gasteiger partial charge in [0, 0.05) is 29.9 Å². The Morgan fingerprint density at radius 3 is 2.79 bits per heavy atom. The van der Waals surface area contributed by atoms with E-state index in [4.69, 9.17) is 4.98 Å². The molecule has 0 saturated carbocycles. The van der Waals surface area contributed by atoms with Gasteiger partial charge in [-0.15, -0.1) is 0 Å². The van der Waals surface area contributed by atoms with Crippen LogP contribution in [0.4, 0.5) is 0 Å². The molecule has 1 aromatic heterocycles. The summed E-state index contributed by atoms with van der Waals surface area (Å²) in [5.41, 5.74) is 2.86. The Morgan fingerprint density at radius 2 is 2.11 bits per heavy atom. The van der Waals surface area contributed by atoms with E-state index in [2.05, 4.69) is 44.2 Å². The molecule has 0 fully saturated rings. The number of rotatable bonds is 3. The lowest BCUT2D eigenvalue weighted by Crippen LogP contribution is -2.22. The first-order chi connectivity index (χ1) is 8.99. The zero-order valence-electron chi connectivity index (χ0n) is 12.8. The first kappa shape index (κ1) is 14.4. The quantitative estimate of drug-likeness (QED) is 0.847. The number of nitrogens with zero attached hydrogens (tertiary/aromatic N) is 2. The molecule has 0 amide bonds. The molecular formula is C16H27N3. The van der Waals surface area contributed by atoms with Gasteiger partial charge in [0.25, 0.3) is 0 Å². The highest BCUT2D eigenvalue weighted by molar-refractivity contribution is 5.23. The van der Waals surface area contributed by atoms with Gasteiger partial charge in [-0.05, 0) is 31.2 Å². The average Bonchev–Trinajstić information content (AvgIpc) is 2.50. The maximum atomic E-state index is 4.84. The Labute approximate surface area is 117 Å². The second-order valence-corrected chi connectivity index (χ2v) is 6.78. The molecule has 1 unspecified atom stereocenters. The Hall–Kier alpha value is -0.960. The molecule has 0 spiro atoms. The fraction of sp³-hybridized carbons (Fsp3) is 0.750. The van der Waals surface area contributed by atoms with Crippen molar-refractivity contribution in [2.24, 2.45) is 5.41 Å². The van der Waals surface area contributed by atoms with Crippen molar-refractivity contribution in [1.29, 1.82) is 0 Å². The minimum Gasteiger partial charge on any atom is -0.310 e. The topological polar surface area (TPSA) is 37.8 Å². The maximum absolute atomic E-state index is 4.84. The fourth-order valence-electron chi connectivity index (χ4n) is 2.77. The normalized spacial score (nSPS) is 19.9. The van der Waals surface area contributed by atoms with E-state index in [1.54, 1.807) is 0 Å². The van der Waals surface area contributed by atoms with Crippen molar-refractivity contribution in [3.63, 3.8) is 0 Å². The van der Waals surface area contributed by atoms with Gasteiger partial charge < -0.3 is 5.32 Å². The van der Waals surface area contributed by atoms with Gasteiger partial charge in [-0.3, -0.25) is 0 Å². The van der Waals surface area contributed by atoms with Crippen LogP contribution in [0.25, 0.3) is 0 Å². The van der Waals surface area contributed by atoms with Crippen molar-refractivity contribution < 1.29 is 0 Å². The molecule has 0 aromatic carbocycles. The highest BCUT2D eigenvalue weighted by atomic mass is 14.9. The summed E-state index contributed by atoms with van der Waals surface area (Å²) in [6, 6.07) is 0.450. The van der Waals surface area contributed by atoms with Crippen molar-refractivity contribution in [3.05, 3.63) is 23.3 Å². The Bertz CT molecular complexity index is 420. The van der Waals surface area contributed by atoms with Gasteiger partial charge in [0.1, 0.15) is 5.82 Å². The smallest absolute Gasteiger partial charge is 0.129 e. The van der Waals surface area contributed by atoms with Gasteiger partial charge in [-0.25, -0.2) is 9.97 Å². The summed E-state index contributed by atoms with van der Waals surface area (Å²) >= 11 is 0. The summed E-state index contributed by atoms with van der Waals surface area (Å²) < 4.78 is 0. The lowest BCUT2D eigenvalue weighted by Gasteiger charge is -2.20. The van der Waals surface area contributed by atoms with Gasteiger partial charge in [0.05, 0.1) is 0 Å². The third-order valence-corrected chi connectivity index (χ3v) is 3.62. The SMILES string of the molecule is CCNC1CCCCc2nc(CC(C)(C)C)ncc21. The molecule has 1 heterocycles. The van der Waals surface area contributed by atoms with Crippen LogP contribution in [0.15, 0.2) is 6.20 Å². The standard InChI is InChI=1S/C16H27N3/c1-5-17-13-8-6-7-9-14-12(13)11-18-15(19-14)10-16(2,3)4/h11,13,17H,5-10H2,1-4H3. The molecule has 3 nitrogen and oxygen atoms in total. The van der Waals surface area contributed by atoms with E-state index in [1.165, 1.54) is 30.5 Å². The second kappa shape index (κ2) is 6.00. The lowest BCUT2D eigenvalue weighted by atomic mass is 9.92. The van der Waals surface area contributed by atoms with Crippen molar-refractivity contribution in [3.8, 4) is 0 Å². The zero-order valence-corrected chi connectivity index (χ0v) is 12.8. The summed E-state index contributed by atoms with van der Waals surface area (Å²) in [5, 5.41) is 3.57. The predicted octanol–water partition coefficient (Wildman–Crippen LogP) is 3.44. The van der Waals surface area contributed by atoms with Crippen molar-refractivity contribution in [2.45, 2.75) is 65.8 Å². The molecule has 2 rings (SSSR count). The first-order valence-electron chi connectivity index (χ1n) is 7.57. The molecule has 1 N–H and O–H groups in total. The number of hydrogen-bond acceptors (Lipinski definition) is 3. The number of aryl methyl sites for hydroxylation is 1. The van der Waals surface area contributed by atoms with Crippen LogP contribution in [0.2, 0.25) is 0 Å². The van der Waals surface area contributed by atoms with E-state index in [0.29, 0.717) is 6.04 Å². The Balaban J connectivity index is 2.25. The predicted molar refractivity (Wildman–Crippen MR) is 79.2 cm³/mol. The third kappa shape index (κ3) is 4.00. The fourth-order valence-corrected chi connectivity index (χ4v) is 2.77. The van der Waals surface area contributed by atoms with Crippen LogP contribution in [-0.4, -0.2) is 16.5 Å². The second-order valence-electron chi connectivity index (χ2n) is 6.78. The van der Waals surface area contributed by atoms with Crippen LogP contribution in [0.1, 0.15) is 70.1 Å². The number of aromatic nitrogens is 2. The van der Waals surface area contributed by atoms with E-state index < -0.39 is 0 Å². The number of fused-ring (bicyclic) bond motifs is 1. The minimum absolute atomic E-state index is 0.250. The van der Waals surface area contributed by atoms with Gasteiger partial charge in [-0.2, -0.15) is 0 Å². The van der Waals surface area contributed by atoms with Gasteiger partial charge in [-0.1, -0.05) is 34.1 Å². The summed E-state index contributed by atoms with van der Waals surface area (Å²) in [6.07, 6.45) is 7.87. The molecule has 1 aliphatic carbocycles. The summed E-state index contributed by atoms with van der Waals surface area (Å²) in [4.78, 5) is 9.44. The molecule has 1 aromatic rings. The Morgan fingerprint density at radius 1 is 1.32 bits per heavy atom. The van der Waals surface area contributed by atoms with E-state index in [0.717, 1.165) is 25.2 Å². The van der Waals surface area contributed by atoms with Gasteiger partial charge >= 0.3 is 0 Å². The average molecular weight is 261 g/mol. The number of nitrogens with one attached hydrogen (secondary N) is 1. The highest BCUT2D eigenvalue weighted by Crippen LogP contribution is 2.28. The summed E-state index contributed by atoms with van der Waals surface area (Å²) in [5.74, 6) is 1.00. The van der Waals surface area contributed by atoms with Crippen molar-refractivity contribution in [2.75, 3.05) is 6.54 Å². The molecule has 0 saturated heterocycles. The van der Waals surface area contributed by atoms with Crippen molar-refractivity contribution in [1.82, 2.24) is 15.3 Å². The van der Waals surface area contributed by atoms with Crippen LogP contribution in [-0.2, 0) is 12.8 Å². The lowest BCUT2D eigenvalue weighted by molar-refractivity contribution is 0.399. The molecular weight excluding hydrogens is 234 g/mol. The van der Waals surface area contributed by atoms with E-state index in [9.17, 15) is 0 Å². The summed E-state index contributed by atoms with van der Waals surface area (Å²) in [6.45, 7) is 9.89. The minimum atomic E-state index is 0.250. The van der Waals surface area contributed by atoms with Gasteiger partial charge in [0.2, 0.25) is 0 Å². The van der Waals surface area contributed by atoms with Crippen LogP contribution in [0.5, 0.6) is 0 Å². The number of hydrogen-bond donors (Lipinski definition) is 1. The molecule has 3 heteroatoms. The van der Waals surface area contributed by atoms with Crippen LogP contribution < -0.4 is 5.32 Å². The molecule has 0 aliphatic heterocycles. The largest absolute Gasteiger partial charge is 0.310 e. The molecule has 1 aliphatic rings. The van der Waals surface area contributed by atoms with E-state index >= 15 is 0 Å². The highest BCUT2D eigenvalue weighted by Gasteiger charge is 2.21. The van der Waals surface area contributed by atoms with E-state index in [1.807, 2.05) is 0 Å². The first-order valence-corrected chi connectivity index (χ1v) is 7.57. The third-order valence-electron chi connectivity index (χ3n) is 3.62. The van der Waals surface area contributed by atoms with Gasteiger partial charge in [0.15, 0.2) is 0 Å². The van der Waals surface area contributed by atoms with E-state index in [-0.39, 0.29) is 5.41 Å². The van der Waals surface area contributed by atoms with Crippen LogP contribution in [0.3, 0.4) is 0 Å². The van der Waals surface area contributed by atoms with Crippen LogP contribution in [0, 0.1) is 5.41 Å². The maximum Gasteiger partial charge on any atom is 0.129 e.